The van der Waals surface area contributed by atoms with Gasteiger partial charge in [-0.05, 0) is 30.9 Å². The van der Waals surface area contributed by atoms with Gasteiger partial charge in [0, 0.05) is 28.5 Å². The number of carbonyl (C=O) groups excluding carboxylic acids is 2. The molecule has 150 valence electrons. The Labute approximate surface area is 170 Å². The van der Waals surface area contributed by atoms with E-state index in [1.54, 1.807) is 18.7 Å². The summed E-state index contributed by atoms with van der Waals surface area (Å²) in [6, 6.07) is 5.54. The number of ether oxygens (including phenoxy) is 1. The van der Waals surface area contributed by atoms with Gasteiger partial charge in [0.25, 0.3) is 5.69 Å². The van der Waals surface area contributed by atoms with Crippen LogP contribution in [0.4, 0.5) is 5.69 Å². The molecule has 2 heterocycles. The van der Waals surface area contributed by atoms with E-state index < -0.39 is 22.9 Å². The number of benzene rings is 1. The molecule has 3 rings (SSSR count). The largest absolute Gasteiger partial charge is 0.456 e. The van der Waals surface area contributed by atoms with Crippen molar-refractivity contribution < 1.29 is 24.4 Å². The second-order valence-corrected chi connectivity index (χ2v) is 8.87. The molecule has 28 heavy (non-hydrogen) atoms. The van der Waals surface area contributed by atoms with E-state index >= 15 is 0 Å². The van der Waals surface area contributed by atoms with Gasteiger partial charge in [0.1, 0.15) is 12.3 Å². The predicted molar refractivity (Wildman–Crippen MR) is 106 cm³/mol. The number of carbonyl (C=O) groups is 2. The van der Waals surface area contributed by atoms with E-state index in [0.29, 0.717) is 12.0 Å². The standard InChI is InChI=1S/C18H20N2O6S2/c1-10(21)15-13-7-14(28-9-27-2)16(19(13)17(15)22)18(23)26-8-11-3-5-12(6-4-11)20(24)25/h3-6,10,13,15,21H,7-9H2,1-2H3/t10-,13-,15-/m1/s1. The van der Waals surface area contributed by atoms with Crippen molar-refractivity contribution in [2.75, 3.05) is 11.3 Å². The van der Waals surface area contributed by atoms with Gasteiger partial charge in [-0.25, -0.2) is 4.79 Å². The average molecular weight is 425 g/mol. The van der Waals surface area contributed by atoms with E-state index in [4.69, 9.17) is 4.74 Å². The minimum absolute atomic E-state index is 0.0393. The van der Waals surface area contributed by atoms with Gasteiger partial charge in [-0.1, -0.05) is 0 Å². The van der Waals surface area contributed by atoms with Crippen molar-refractivity contribution in [2.45, 2.75) is 32.1 Å². The van der Waals surface area contributed by atoms with Crippen LogP contribution in [0.5, 0.6) is 0 Å². The molecule has 0 radical (unpaired) electrons. The van der Waals surface area contributed by atoms with Crippen LogP contribution in [0.15, 0.2) is 34.9 Å². The van der Waals surface area contributed by atoms with E-state index in [0.717, 1.165) is 9.99 Å². The van der Waals surface area contributed by atoms with Gasteiger partial charge >= 0.3 is 5.97 Å². The van der Waals surface area contributed by atoms with Crippen LogP contribution in [0.25, 0.3) is 0 Å². The SMILES string of the molecule is CSCSC1=C(C(=O)OCc2ccc([N+](=O)[O-])cc2)N2C(=O)[C@H]([C@@H](C)O)[C@H]2C1. The highest BCUT2D eigenvalue weighted by atomic mass is 32.2. The van der Waals surface area contributed by atoms with Crippen LogP contribution in [0.3, 0.4) is 0 Å². The third-order valence-electron chi connectivity index (χ3n) is 4.75. The average Bonchev–Trinajstić information content (AvgIpc) is 2.98. The van der Waals surface area contributed by atoms with Crippen LogP contribution in [-0.2, 0) is 20.9 Å². The number of fused-ring (bicyclic) bond motifs is 1. The third kappa shape index (κ3) is 3.89. The van der Waals surface area contributed by atoms with E-state index in [1.807, 2.05) is 6.26 Å². The minimum Gasteiger partial charge on any atom is -0.456 e. The lowest BCUT2D eigenvalue weighted by atomic mass is 9.83. The number of non-ortho nitro benzene ring substituents is 1. The number of esters is 1. The van der Waals surface area contributed by atoms with Gasteiger partial charge < -0.3 is 14.7 Å². The molecule has 0 saturated carbocycles. The third-order valence-corrected chi connectivity index (χ3v) is 6.87. The van der Waals surface area contributed by atoms with Gasteiger partial charge in [0.2, 0.25) is 5.91 Å². The number of thioether (sulfide) groups is 2. The Bertz CT molecular complexity index is 824. The van der Waals surface area contributed by atoms with Crippen molar-refractivity contribution in [1.82, 2.24) is 4.90 Å². The zero-order chi connectivity index (χ0) is 20.4. The molecule has 1 aromatic carbocycles. The fraction of sp³-hybridized carbons (Fsp3) is 0.444. The lowest BCUT2D eigenvalue weighted by Gasteiger charge is -2.44. The van der Waals surface area contributed by atoms with Gasteiger partial charge in [0.05, 0.1) is 23.0 Å². The Morgan fingerprint density at radius 1 is 1.43 bits per heavy atom. The molecular weight excluding hydrogens is 404 g/mol. The number of hydrogen-bond acceptors (Lipinski definition) is 8. The topological polar surface area (TPSA) is 110 Å². The molecule has 1 saturated heterocycles. The Morgan fingerprint density at radius 3 is 2.68 bits per heavy atom. The lowest BCUT2D eigenvalue weighted by Crippen LogP contribution is -2.61. The van der Waals surface area contributed by atoms with Crippen LogP contribution in [0, 0.1) is 16.0 Å². The predicted octanol–water partition coefficient (Wildman–Crippen LogP) is 2.51. The second-order valence-electron chi connectivity index (χ2n) is 6.57. The van der Waals surface area contributed by atoms with Gasteiger partial charge in [-0.15, -0.1) is 11.8 Å². The van der Waals surface area contributed by atoms with E-state index in [9.17, 15) is 24.8 Å². The van der Waals surface area contributed by atoms with Crippen LogP contribution in [-0.4, -0.2) is 50.3 Å². The zero-order valence-corrected chi connectivity index (χ0v) is 17.0. The Hall–Kier alpha value is -2.04. The molecule has 1 fully saturated rings. The van der Waals surface area contributed by atoms with Crippen molar-refractivity contribution in [2.24, 2.45) is 5.92 Å². The van der Waals surface area contributed by atoms with Crippen LogP contribution in [0.2, 0.25) is 0 Å². The van der Waals surface area contributed by atoms with Crippen LogP contribution >= 0.6 is 23.5 Å². The van der Waals surface area contributed by atoms with Crippen molar-refractivity contribution >= 4 is 41.1 Å². The van der Waals surface area contributed by atoms with E-state index in [2.05, 4.69) is 0 Å². The van der Waals surface area contributed by atoms with E-state index in [-0.39, 0.29) is 29.9 Å². The van der Waals surface area contributed by atoms with Crippen molar-refractivity contribution in [3.8, 4) is 0 Å². The first-order chi connectivity index (χ1) is 13.3. The smallest absolute Gasteiger partial charge is 0.356 e. The summed E-state index contributed by atoms with van der Waals surface area (Å²) < 4.78 is 5.38. The second kappa shape index (κ2) is 8.54. The molecule has 1 aromatic rings. The van der Waals surface area contributed by atoms with Crippen LogP contribution in [0.1, 0.15) is 18.9 Å². The Morgan fingerprint density at radius 2 is 2.11 bits per heavy atom. The molecule has 1 N–H and O–H groups in total. The number of hydrogen-bond donors (Lipinski definition) is 1. The first-order valence-electron chi connectivity index (χ1n) is 8.61. The van der Waals surface area contributed by atoms with Crippen molar-refractivity contribution in [1.29, 1.82) is 0 Å². The van der Waals surface area contributed by atoms with Crippen molar-refractivity contribution in [3.05, 3.63) is 50.5 Å². The van der Waals surface area contributed by atoms with Crippen molar-refractivity contribution in [3.63, 3.8) is 0 Å². The molecule has 0 aromatic heterocycles. The maximum atomic E-state index is 12.7. The lowest BCUT2D eigenvalue weighted by molar-refractivity contribution is -0.384. The van der Waals surface area contributed by atoms with Crippen LogP contribution < -0.4 is 0 Å². The number of nitrogens with zero attached hydrogens (tertiary/aromatic N) is 2. The summed E-state index contributed by atoms with van der Waals surface area (Å²) in [7, 11) is 0. The first kappa shape index (κ1) is 20.7. The quantitative estimate of drug-likeness (QED) is 0.223. The number of nitro groups is 1. The molecule has 0 aliphatic carbocycles. The number of aliphatic hydroxyl groups is 1. The summed E-state index contributed by atoms with van der Waals surface area (Å²) in [5.41, 5.74) is 0.833. The maximum Gasteiger partial charge on any atom is 0.356 e. The highest BCUT2D eigenvalue weighted by Crippen LogP contribution is 2.47. The maximum absolute atomic E-state index is 12.7. The number of aliphatic hydroxyl groups excluding tert-OH is 1. The molecule has 0 bridgehead atoms. The number of rotatable bonds is 8. The number of nitro benzene ring substituents is 1. The molecule has 1 amide bonds. The molecule has 0 spiro atoms. The summed E-state index contributed by atoms with van der Waals surface area (Å²) in [5, 5.41) is 21.3. The monoisotopic (exact) mass is 424 g/mol. The summed E-state index contributed by atoms with van der Waals surface area (Å²) >= 11 is 3.12. The highest BCUT2D eigenvalue weighted by Gasteiger charge is 2.56. The molecular formula is C18H20N2O6S2. The Kier molecular flexibility index (Phi) is 6.31. The summed E-state index contributed by atoms with van der Waals surface area (Å²) in [6.07, 6.45) is 1.72. The molecule has 8 nitrogen and oxygen atoms in total. The minimum atomic E-state index is -0.768. The first-order valence-corrected chi connectivity index (χ1v) is 11.0. The van der Waals surface area contributed by atoms with Gasteiger partial charge in [-0.2, -0.15) is 11.8 Å². The fourth-order valence-electron chi connectivity index (χ4n) is 3.41. The molecule has 3 atom stereocenters. The highest BCUT2D eigenvalue weighted by molar-refractivity contribution is 8.17. The molecule has 2 aliphatic heterocycles. The number of β-lactam (4-membered cyclic amide) rings is 1. The van der Waals surface area contributed by atoms with E-state index in [1.165, 1.54) is 40.9 Å². The number of amides is 1. The molecule has 10 heteroatoms. The summed E-state index contributed by atoms with van der Waals surface area (Å²) in [4.78, 5) is 37.6. The summed E-state index contributed by atoms with van der Waals surface area (Å²) in [6.45, 7) is 1.53. The zero-order valence-electron chi connectivity index (χ0n) is 15.4. The normalized spacial score (nSPS) is 22.0. The molecule has 0 unspecified atom stereocenters. The Balaban J connectivity index is 1.72. The fourth-order valence-corrected chi connectivity index (χ4v) is 5.06. The molecule has 2 aliphatic rings. The van der Waals surface area contributed by atoms with Gasteiger partial charge in [0.15, 0.2) is 0 Å². The summed E-state index contributed by atoms with van der Waals surface area (Å²) in [5.74, 6) is -1.35. The van der Waals surface area contributed by atoms with Gasteiger partial charge in [-0.3, -0.25) is 14.9 Å².